The third-order valence-electron chi connectivity index (χ3n) is 3.82. The topological polar surface area (TPSA) is 92.9 Å². The summed E-state index contributed by atoms with van der Waals surface area (Å²) in [7, 11) is 1.37. The Balaban J connectivity index is 2.22. The van der Waals surface area contributed by atoms with Gasteiger partial charge in [0.15, 0.2) is 0 Å². The fourth-order valence-electron chi connectivity index (χ4n) is 2.51. The Morgan fingerprint density at radius 2 is 2.29 bits per heavy atom. The number of carbonyl (C=O) groups is 1. The third-order valence-corrected chi connectivity index (χ3v) is 3.82. The smallest absolute Gasteiger partial charge is 0.273 e. The van der Waals surface area contributed by atoms with Gasteiger partial charge in [0, 0.05) is 25.1 Å². The molecule has 1 saturated heterocycles. The van der Waals surface area contributed by atoms with Crippen molar-refractivity contribution in [3.05, 3.63) is 33.9 Å². The highest BCUT2D eigenvalue weighted by molar-refractivity contribution is 5.97. The minimum atomic E-state index is -0.532. The summed E-state index contributed by atoms with van der Waals surface area (Å²) in [5.41, 5.74) is 0.182. The second kappa shape index (κ2) is 6.09. The molecule has 0 aromatic heterocycles. The van der Waals surface area contributed by atoms with Gasteiger partial charge in [-0.05, 0) is 19.4 Å². The summed E-state index contributed by atoms with van der Waals surface area (Å²) in [6, 6.07) is 3.95. The molecule has 1 aromatic carbocycles. The van der Waals surface area contributed by atoms with Crippen LogP contribution in [0.1, 0.15) is 23.7 Å². The van der Waals surface area contributed by atoms with Gasteiger partial charge in [0.1, 0.15) is 5.75 Å². The van der Waals surface area contributed by atoms with Crippen molar-refractivity contribution >= 4 is 11.6 Å². The van der Waals surface area contributed by atoms with Gasteiger partial charge in [-0.3, -0.25) is 14.9 Å². The third kappa shape index (κ3) is 3.13. The number of methoxy groups -OCH3 is 1. The van der Waals surface area contributed by atoms with Crippen molar-refractivity contribution in [2.75, 3.05) is 20.2 Å². The first-order valence-corrected chi connectivity index (χ1v) is 6.73. The monoisotopic (exact) mass is 294 g/mol. The van der Waals surface area contributed by atoms with Crippen LogP contribution in [0.2, 0.25) is 0 Å². The largest absolute Gasteiger partial charge is 0.496 e. The van der Waals surface area contributed by atoms with Crippen molar-refractivity contribution in [1.29, 1.82) is 0 Å². The molecule has 1 amide bonds. The Kier molecular flexibility index (Phi) is 4.42. The highest BCUT2D eigenvalue weighted by atomic mass is 16.6. The molecule has 0 spiro atoms. The first kappa shape index (κ1) is 15.2. The molecule has 0 aliphatic carbocycles. The van der Waals surface area contributed by atoms with Crippen molar-refractivity contribution < 1.29 is 19.6 Å². The summed E-state index contributed by atoms with van der Waals surface area (Å²) in [5, 5.41) is 20.3. The van der Waals surface area contributed by atoms with E-state index in [1.54, 1.807) is 11.8 Å². The Hall–Kier alpha value is -2.15. The van der Waals surface area contributed by atoms with Gasteiger partial charge in [-0.1, -0.05) is 0 Å². The average molecular weight is 294 g/mol. The number of aliphatic hydroxyl groups excluding tert-OH is 1. The molecule has 1 fully saturated rings. The fourth-order valence-corrected chi connectivity index (χ4v) is 2.51. The van der Waals surface area contributed by atoms with E-state index in [0.29, 0.717) is 18.7 Å². The van der Waals surface area contributed by atoms with E-state index >= 15 is 0 Å². The molecule has 114 valence electrons. The van der Waals surface area contributed by atoms with Crippen LogP contribution < -0.4 is 4.74 Å². The second-order valence-electron chi connectivity index (χ2n) is 5.18. The number of rotatable bonds is 4. The van der Waals surface area contributed by atoms with Crippen LogP contribution in [0.3, 0.4) is 0 Å². The van der Waals surface area contributed by atoms with Gasteiger partial charge in [0.05, 0.1) is 29.8 Å². The number of hydrogen-bond donors (Lipinski definition) is 1. The molecule has 1 N–H and O–H groups in total. The second-order valence-corrected chi connectivity index (χ2v) is 5.18. The lowest BCUT2D eigenvalue weighted by Gasteiger charge is -2.19. The van der Waals surface area contributed by atoms with Gasteiger partial charge >= 0.3 is 0 Å². The molecule has 0 radical (unpaired) electrons. The molecular formula is C14H18N2O5. The molecule has 1 heterocycles. The molecule has 2 atom stereocenters. The number of nitrogens with zero attached hydrogens (tertiary/aromatic N) is 2. The van der Waals surface area contributed by atoms with Crippen LogP contribution in [0.4, 0.5) is 5.69 Å². The molecule has 1 aliphatic heterocycles. The molecule has 0 bridgehead atoms. The van der Waals surface area contributed by atoms with E-state index in [1.807, 2.05) is 0 Å². The van der Waals surface area contributed by atoms with Gasteiger partial charge in [-0.25, -0.2) is 0 Å². The summed E-state index contributed by atoms with van der Waals surface area (Å²) in [6.07, 6.45) is 0.292. The van der Waals surface area contributed by atoms with Gasteiger partial charge in [-0.2, -0.15) is 0 Å². The number of ether oxygens (including phenoxy) is 1. The van der Waals surface area contributed by atoms with Crippen LogP contribution in [-0.2, 0) is 0 Å². The first-order valence-electron chi connectivity index (χ1n) is 6.73. The Labute approximate surface area is 122 Å². The van der Waals surface area contributed by atoms with E-state index in [4.69, 9.17) is 4.74 Å². The predicted molar refractivity (Wildman–Crippen MR) is 75.3 cm³/mol. The summed E-state index contributed by atoms with van der Waals surface area (Å²) >= 11 is 0. The van der Waals surface area contributed by atoms with Crippen LogP contribution in [0, 0.1) is 16.0 Å². The highest BCUT2D eigenvalue weighted by Gasteiger charge is 2.31. The zero-order valence-electron chi connectivity index (χ0n) is 12.0. The number of benzene rings is 1. The van der Waals surface area contributed by atoms with E-state index in [9.17, 15) is 20.0 Å². The number of likely N-dealkylation sites (tertiary alicyclic amines) is 1. The summed E-state index contributed by atoms with van der Waals surface area (Å²) in [4.78, 5) is 24.3. The molecule has 21 heavy (non-hydrogen) atoms. The maximum absolute atomic E-state index is 12.5. The van der Waals surface area contributed by atoms with Gasteiger partial charge in [0.25, 0.3) is 11.6 Å². The molecule has 7 heteroatoms. The van der Waals surface area contributed by atoms with E-state index in [1.165, 1.54) is 25.3 Å². The van der Waals surface area contributed by atoms with Crippen molar-refractivity contribution in [3.8, 4) is 5.75 Å². The predicted octanol–water partition coefficient (Wildman–Crippen LogP) is 1.45. The summed E-state index contributed by atoms with van der Waals surface area (Å²) in [6.45, 7) is 2.76. The van der Waals surface area contributed by atoms with Crippen molar-refractivity contribution in [1.82, 2.24) is 4.90 Å². The maximum Gasteiger partial charge on any atom is 0.273 e. The summed E-state index contributed by atoms with van der Waals surface area (Å²) in [5.74, 6) is 0.0255. The molecule has 2 rings (SSSR count). The number of aliphatic hydroxyl groups is 1. The van der Waals surface area contributed by atoms with Crippen LogP contribution in [0.25, 0.3) is 0 Å². The van der Waals surface area contributed by atoms with Crippen LogP contribution >= 0.6 is 0 Å². The Morgan fingerprint density at radius 3 is 2.81 bits per heavy atom. The average Bonchev–Trinajstić information content (AvgIpc) is 2.95. The lowest BCUT2D eigenvalue weighted by Crippen LogP contribution is -2.30. The van der Waals surface area contributed by atoms with Crippen molar-refractivity contribution in [3.63, 3.8) is 0 Å². The molecular weight excluding hydrogens is 276 g/mol. The number of carbonyl (C=O) groups excluding carboxylic acids is 1. The Morgan fingerprint density at radius 1 is 1.57 bits per heavy atom. The number of nitro benzene ring substituents is 1. The number of nitro groups is 1. The standard InChI is InChI=1S/C14H18N2O5/c1-9(17)10-5-6-15(8-10)14(18)12-4-3-11(16(19)20)7-13(12)21-2/h3-4,7,9-10,17H,5-6,8H2,1-2H3. The SMILES string of the molecule is COc1cc([N+](=O)[O-])ccc1C(=O)N1CCC(C(C)O)C1. The zero-order chi connectivity index (χ0) is 15.6. The lowest BCUT2D eigenvalue weighted by atomic mass is 10.0. The van der Waals surface area contributed by atoms with E-state index in [-0.39, 0.29) is 23.3 Å². The number of hydrogen-bond acceptors (Lipinski definition) is 5. The number of non-ortho nitro benzene ring substituents is 1. The van der Waals surface area contributed by atoms with Gasteiger partial charge in [-0.15, -0.1) is 0 Å². The maximum atomic E-state index is 12.5. The molecule has 0 saturated carbocycles. The van der Waals surface area contributed by atoms with Crippen LogP contribution in [0.5, 0.6) is 5.75 Å². The normalized spacial score (nSPS) is 19.4. The first-order chi connectivity index (χ1) is 9.93. The van der Waals surface area contributed by atoms with E-state index in [2.05, 4.69) is 0 Å². The molecule has 2 unspecified atom stereocenters. The molecule has 7 nitrogen and oxygen atoms in total. The van der Waals surface area contributed by atoms with E-state index < -0.39 is 11.0 Å². The Bertz CT molecular complexity index is 558. The quantitative estimate of drug-likeness (QED) is 0.670. The van der Waals surface area contributed by atoms with Gasteiger partial charge in [0.2, 0.25) is 0 Å². The number of amides is 1. The minimum Gasteiger partial charge on any atom is -0.496 e. The van der Waals surface area contributed by atoms with Crippen LogP contribution in [-0.4, -0.2) is 47.1 Å². The van der Waals surface area contributed by atoms with E-state index in [0.717, 1.165) is 6.42 Å². The van der Waals surface area contributed by atoms with Gasteiger partial charge < -0.3 is 14.7 Å². The zero-order valence-corrected chi connectivity index (χ0v) is 12.0. The summed E-state index contributed by atoms with van der Waals surface area (Å²) < 4.78 is 5.09. The van der Waals surface area contributed by atoms with Crippen molar-refractivity contribution in [2.45, 2.75) is 19.4 Å². The highest BCUT2D eigenvalue weighted by Crippen LogP contribution is 2.28. The molecule has 1 aliphatic rings. The van der Waals surface area contributed by atoms with Crippen LogP contribution in [0.15, 0.2) is 18.2 Å². The molecule has 1 aromatic rings. The van der Waals surface area contributed by atoms with Crippen molar-refractivity contribution in [2.24, 2.45) is 5.92 Å². The lowest BCUT2D eigenvalue weighted by molar-refractivity contribution is -0.384. The fraction of sp³-hybridized carbons (Fsp3) is 0.500. The minimum absolute atomic E-state index is 0.0676.